The average molecular weight is 787 g/mol. The molecule has 302 valence electrons. The van der Waals surface area contributed by atoms with Crippen molar-refractivity contribution in [2.75, 3.05) is 10.2 Å². The highest BCUT2D eigenvalue weighted by Gasteiger charge is 2.36. The van der Waals surface area contributed by atoms with Crippen molar-refractivity contribution in [2.45, 2.75) is 97.8 Å². The van der Waals surface area contributed by atoms with Crippen molar-refractivity contribution in [1.29, 1.82) is 0 Å². The molecule has 0 fully saturated rings. The summed E-state index contributed by atoms with van der Waals surface area (Å²) in [6.07, 6.45) is 0. The molecule has 3 heteroatoms. The van der Waals surface area contributed by atoms with Crippen molar-refractivity contribution in [3.8, 4) is 22.3 Å². The molecule has 0 atom stereocenters. The van der Waals surface area contributed by atoms with Crippen LogP contribution in [0.2, 0.25) is 0 Å². The van der Waals surface area contributed by atoms with Gasteiger partial charge in [-0.05, 0) is 122 Å². The predicted octanol–water partition coefficient (Wildman–Crippen LogP) is 16.7. The number of anilines is 5. The van der Waals surface area contributed by atoms with E-state index < -0.39 is 0 Å². The van der Waals surface area contributed by atoms with Gasteiger partial charge in [0.1, 0.15) is 11.2 Å². The average Bonchev–Trinajstić information content (AvgIpc) is 3.69. The maximum absolute atomic E-state index is 6.93. The Morgan fingerprint density at radius 2 is 0.983 bits per heavy atom. The first-order chi connectivity index (χ1) is 28.4. The number of rotatable bonds is 6. The van der Waals surface area contributed by atoms with Crippen LogP contribution in [0.15, 0.2) is 150 Å². The maximum atomic E-state index is 6.93. The number of furan rings is 1. The van der Waals surface area contributed by atoms with Crippen molar-refractivity contribution in [2.24, 2.45) is 0 Å². The fourth-order valence-corrected chi connectivity index (χ4v) is 9.09. The lowest BCUT2D eigenvalue weighted by Crippen LogP contribution is -2.15. The van der Waals surface area contributed by atoms with Gasteiger partial charge in [0.2, 0.25) is 0 Å². The fourth-order valence-electron chi connectivity index (χ4n) is 9.09. The van der Waals surface area contributed by atoms with Gasteiger partial charge in [-0.15, -0.1) is 0 Å². The lowest BCUT2D eigenvalue weighted by Gasteiger charge is -2.29. The minimum Gasteiger partial charge on any atom is -0.455 e. The topological polar surface area (TPSA) is 28.4 Å². The van der Waals surface area contributed by atoms with Crippen LogP contribution in [0.25, 0.3) is 44.2 Å². The molecule has 1 aromatic heterocycles. The number of nitrogens with zero attached hydrogens (tertiary/aromatic N) is 1. The van der Waals surface area contributed by atoms with Crippen LogP contribution in [0.4, 0.5) is 28.4 Å². The quantitative estimate of drug-likeness (QED) is 0.182. The molecular formula is C57H58N2O. The van der Waals surface area contributed by atoms with Crippen LogP contribution < -0.4 is 10.2 Å². The zero-order chi connectivity index (χ0) is 42.4. The van der Waals surface area contributed by atoms with Crippen molar-refractivity contribution in [3.05, 3.63) is 173 Å². The second-order valence-corrected chi connectivity index (χ2v) is 20.5. The van der Waals surface area contributed by atoms with E-state index in [0.717, 1.165) is 61.5 Å². The molecule has 0 unspecified atom stereocenters. The minimum absolute atomic E-state index is 0.0384. The molecule has 1 aliphatic carbocycles. The first-order valence-electron chi connectivity index (χ1n) is 21.5. The summed E-state index contributed by atoms with van der Waals surface area (Å²) >= 11 is 0. The van der Waals surface area contributed by atoms with Gasteiger partial charge in [0.15, 0.2) is 0 Å². The number of nitrogens with one attached hydrogen (secondary N) is 1. The number of hydrogen-bond donors (Lipinski definition) is 1. The van der Waals surface area contributed by atoms with E-state index in [2.05, 4.69) is 232 Å². The summed E-state index contributed by atoms with van der Waals surface area (Å²) in [5.74, 6) is 0. The first kappa shape index (κ1) is 39.4. The number of benzene rings is 7. The van der Waals surface area contributed by atoms with Gasteiger partial charge in [0.25, 0.3) is 0 Å². The number of fused-ring (bicyclic) bond motifs is 6. The van der Waals surface area contributed by atoms with Crippen molar-refractivity contribution in [1.82, 2.24) is 0 Å². The lowest BCUT2D eigenvalue weighted by atomic mass is 9.81. The van der Waals surface area contributed by atoms with E-state index in [4.69, 9.17) is 4.42 Å². The molecule has 0 saturated carbocycles. The summed E-state index contributed by atoms with van der Waals surface area (Å²) in [6, 6.07) is 54.0. The van der Waals surface area contributed by atoms with E-state index in [1.54, 1.807) is 0 Å². The van der Waals surface area contributed by atoms with Crippen LogP contribution >= 0.6 is 0 Å². The Balaban J connectivity index is 1.32. The zero-order valence-electron chi connectivity index (χ0n) is 37.2. The van der Waals surface area contributed by atoms with Gasteiger partial charge in [-0.1, -0.05) is 155 Å². The molecular weight excluding hydrogens is 729 g/mol. The van der Waals surface area contributed by atoms with Gasteiger partial charge in [-0.3, -0.25) is 0 Å². The molecule has 0 spiro atoms. The van der Waals surface area contributed by atoms with Crippen molar-refractivity contribution in [3.63, 3.8) is 0 Å². The third kappa shape index (κ3) is 6.88. The third-order valence-corrected chi connectivity index (χ3v) is 12.7. The minimum atomic E-state index is -0.164. The zero-order valence-corrected chi connectivity index (χ0v) is 37.2. The Morgan fingerprint density at radius 3 is 1.57 bits per heavy atom. The second kappa shape index (κ2) is 14.0. The van der Waals surface area contributed by atoms with E-state index in [1.165, 1.54) is 38.9 Å². The summed E-state index contributed by atoms with van der Waals surface area (Å²) in [6.45, 7) is 25.1. The maximum Gasteiger partial charge on any atom is 0.143 e. The van der Waals surface area contributed by atoms with E-state index in [9.17, 15) is 0 Å². The molecule has 1 heterocycles. The Bertz CT molecular complexity index is 2830. The van der Waals surface area contributed by atoms with Gasteiger partial charge >= 0.3 is 0 Å². The standard InChI is InChI=1S/C57H58N2O/c1-54(2,3)36-20-26-39(27-21-36)58-51-35-50-45(43-16-12-14-18-49(43)57(50,10)11)34-46(51)48-33-42(32-47-44-17-13-15-19-52(44)60-53(47)48)59(40-28-22-37(23-29-40)55(4,5)6)41-30-24-38(25-31-41)56(7,8)9/h12-35,58H,1-11H3. The molecule has 0 saturated heterocycles. The van der Waals surface area contributed by atoms with Gasteiger partial charge in [0, 0.05) is 55.8 Å². The van der Waals surface area contributed by atoms with Gasteiger partial charge in [-0.25, -0.2) is 0 Å². The van der Waals surface area contributed by atoms with E-state index in [-0.39, 0.29) is 21.7 Å². The smallest absolute Gasteiger partial charge is 0.143 e. The van der Waals surface area contributed by atoms with E-state index in [0.29, 0.717) is 0 Å². The molecule has 8 aromatic rings. The van der Waals surface area contributed by atoms with Crippen LogP contribution in [-0.4, -0.2) is 0 Å². The third-order valence-electron chi connectivity index (χ3n) is 12.7. The first-order valence-corrected chi connectivity index (χ1v) is 21.5. The molecule has 0 aliphatic heterocycles. The van der Waals surface area contributed by atoms with Crippen LogP contribution in [0, 0.1) is 0 Å². The van der Waals surface area contributed by atoms with Crippen LogP contribution in [0.3, 0.4) is 0 Å². The molecule has 60 heavy (non-hydrogen) atoms. The van der Waals surface area contributed by atoms with Gasteiger partial charge < -0.3 is 14.6 Å². The summed E-state index contributed by atoms with van der Waals surface area (Å²) in [5, 5.41) is 6.12. The second-order valence-electron chi connectivity index (χ2n) is 20.5. The van der Waals surface area contributed by atoms with Gasteiger partial charge in [0.05, 0.1) is 0 Å². The van der Waals surface area contributed by atoms with Crippen molar-refractivity contribution >= 4 is 50.4 Å². The highest BCUT2D eigenvalue weighted by atomic mass is 16.3. The SMILES string of the molecule is CC(C)(C)c1ccc(Nc2cc3c(cc2-c2cc(N(c4ccc(C(C)(C)C)cc4)c4ccc(C(C)(C)C)cc4)cc4c2oc2ccccc24)-c2ccccc2C3(C)C)cc1. The Morgan fingerprint density at radius 1 is 0.450 bits per heavy atom. The molecule has 1 aliphatic rings. The molecule has 0 bridgehead atoms. The molecule has 1 N–H and O–H groups in total. The predicted molar refractivity (Wildman–Crippen MR) is 257 cm³/mol. The molecule has 9 rings (SSSR count). The molecule has 0 radical (unpaired) electrons. The fraction of sp³-hybridized carbons (Fsp3) is 0.263. The monoisotopic (exact) mass is 786 g/mol. The highest BCUT2D eigenvalue weighted by Crippen LogP contribution is 2.53. The Hall–Kier alpha value is -6.06. The summed E-state index contributed by atoms with van der Waals surface area (Å²) in [4.78, 5) is 2.41. The van der Waals surface area contributed by atoms with E-state index in [1.807, 2.05) is 0 Å². The molecule has 3 nitrogen and oxygen atoms in total. The normalized spacial score (nSPS) is 13.7. The number of hydrogen-bond acceptors (Lipinski definition) is 3. The Kier molecular flexibility index (Phi) is 9.21. The largest absolute Gasteiger partial charge is 0.455 e. The van der Waals surface area contributed by atoms with Crippen molar-refractivity contribution < 1.29 is 4.42 Å². The van der Waals surface area contributed by atoms with E-state index >= 15 is 0 Å². The Labute approximate surface area is 357 Å². The van der Waals surface area contributed by atoms with Crippen LogP contribution in [0.5, 0.6) is 0 Å². The summed E-state index contributed by atoms with van der Waals surface area (Å²) < 4.78 is 6.93. The van der Waals surface area contributed by atoms with Gasteiger partial charge in [-0.2, -0.15) is 0 Å². The molecule has 7 aromatic carbocycles. The molecule has 0 amide bonds. The van der Waals surface area contributed by atoms with Crippen LogP contribution in [-0.2, 0) is 21.7 Å². The summed E-state index contributed by atoms with van der Waals surface area (Å²) in [5.41, 5.74) is 18.4. The highest BCUT2D eigenvalue weighted by molar-refractivity contribution is 6.13. The summed E-state index contributed by atoms with van der Waals surface area (Å²) in [7, 11) is 0. The van der Waals surface area contributed by atoms with Crippen LogP contribution in [0.1, 0.15) is 104 Å². The number of para-hydroxylation sites is 1. The lowest BCUT2D eigenvalue weighted by molar-refractivity contribution is 0.590.